The molecular weight excluding hydrogens is 301 g/mol. The van der Waals surface area contributed by atoms with Gasteiger partial charge in [-0.15, -0.1) is 0 Å². The second-order valence-electron chi connectivity index (χ2n) is 4.87. The molecule has 2 aromatic carbocycles. The minimum Gasteiger partial charge on any atom is -0.201 e. The van der Waals surface area contributed by atoms with Gasteiger partial charge in [0.25, 0.3) is 0 Å². The van der Waals surface area contributed by atoms with Gasteiger partial charge < -0.3 is 0 Å². The van der Waals surface area contributed by atoms with Crippen molar-refractivity contribution in [2.75, 3.05) is 0 Å². The molecule has 0 fully saturated rings. The predicted molar refractivity (Wildman–Crippen MR) is 90.5 cm³/mol. The Kier molecular flexibility index (Phi) is 3.96. The van der Waals surface area contributed by atoms with Crippen LogP contribution in [0.25, 0.3) is 23.1 Å². The second kappa shape index (κ2) is 5.88. The Labute approximate surface area is 134 Å². The van der Waals surface area contributed by atoms with Crippen LogP contribution in [0.3, 0.4) is 0 Å². The van der Waals surface area contributed by atoms with Crippen LogP contribution in [0.2, 0.25) is 10.0 Å². The van der Waals surface area contributed by atoms with Gasteiger partial charge in [0.2, 0.25) is 5.52 Å². The number of fused-ring (bicyclic) bond motifs is 1. The zero-order chi connectivity index (χ0) is 14.8. The quantitative estimate of drug-likeness (QED) is 0.576. The van der Waals surface area contributed by atoms with Crippen LogP contribution < -0.4 is 4.57 Å². The zero-order valence-electron chi connectivity index (χ0n) is 11.6. The first-order chi connectivity index (χ1) is 10.2. The zero-order valence-corrected chi connectivity index (χ0v) is 13.1. The Morgan fingerprint density at radius 1 is 0.857 bits per heavy atom. The Morgan fingerprint density at radius 3 is 2.33 bits per heavy atom. The van der Waals surface area contributed by atoms with E-state index in [9.17, 15) is 0 Å². The fraction of sp³-hybridized carbons (Fsp3) is 0.0556. The summed E-state index contributed by atoms with van der Waals surface area (Å²) in [4.78, 5) is 0. The van der Waals surface area contributed by atoms with Gasteiger partial charge >= 0.3 is 0 Å². The van der Waals surface area contributed by atoms with Crippen LogP contribution in [0.15, 0.2) is 54.7 Å². The van der Waals surface area contributed by atoms with Crippen molar-refractivity contribution in [3.63, 3.8) is 0 Å². The fourth-order valence-electron chi connectivity index (χ4n) is 2.38. The summed E-state index contributed by atoms with van der Waals surface area (Å²) < 4.78 is 2.11. The van der Waals surface area contributed by atoms with Crippen LogP contribution in [-0.4, -0.2) is 0 Å². The first-order valence-corrected chi connectivity index (χ1v) is 7.42. The van der Waals surface area contributed by atoms with Crippen molar-refractivity contribution in [2.24, 2.45) is 7.05 Å². The average Bonchev–Trinajstić information content (AvgIpc) is 2.49. The summed E-state index contributed by atoms with van der Waals surface area (Å²) in [7, 11) is 2.04. The van der Waals surface area contributed by atoms with Crippen LogP contribution in [-0.2, 0) is 7.05 Å². The van der Waals surface area contributed by atoms with Crippen LogP contribution in [0.1, 0.15) is 11.1 Å². The number of pyridine rings is 1. The van der Waals surface area contributed by atoms with Crippen molar-refractivity contribution in [3.05, 3.63) is 75.9 Å². The molecule has 0 saturated heterocycles. The average molecular weight is 315 g/mol. The SMILES string of the molecule is C[n+]1ccc(/C=C/c2c(Cl)cccc2Cl)c2ccccc21. The van der Waals surface area contributed by atoms with Gasteiger partial charge in [0.1, 0.15) is 7.05 Å². The molecule has 0 radical (unpaired) electrons. The number of para-hydroxylation sites is 1. The molecule has 0 aliphatic heterocycles. The highest BCUT2D eigenvalue weighted by molar-refractivity contribution is 6.37. The molecule has 0 saturated carbocycles. The van der Waals surface area contributed by atoms with Crippen LogP contribution in [0.4, 0.5) is 0 Å². The van der Waals surface area contributed by atoms with Gasteiger partial charge in [0.05, 0.1) is 5.39 Å². The Morgan fingerprint density at radius 2 is 1.57 bits per heavy atom. The van der Waals surface area contributed by atoms with E-state index in [1.165, 1.54) is 10.9 Å². The lowest BCUT2D eigenvalue weighted by Gasteiger charge is -2.03. The second-order valence-corrected chi connectivity index (χ2v) is 5.68. The number of hydrogen-bond donors (Lipinski definition) is 0. The first kappa shape index (κ1) is 14.1. The molecule has 1 heterocycles. The number of aromatic nitrogens is 1. The normalized spacial score (nSPS) is 11.4. The molecule has 0 unspecified atom stereocenters. The standard InChI is InChI=1S/C18H14Cl2N/c1-21-12-11-13(14-5-2-3-8-18(14)21)9-10-15-16(19)6-4-7-17(15)20/h2-12H,1H3/q+1/b10-9+. The first-order valence-electron chi connectivity index (χ1n) is 6.66. The summed E-state index contributed by atoms with van der Waals surface area (Å²) in [5.41, 5.74) is 3.17. The van der Waals surface area contributed by atoms with Crippen molar-refractivity contribution in [3.8, 4) is 0 Å². The van der Waals surface area contributed by atoms with E-state index in [0.29, 0.717) is 10.0 Å². The molecule has 1 aromatic heterocycles. The molecule has 0 atom stereocenters. The lowest BCUT2D eigenvalue weighted by atomic mass is 10.1. The van der Waals surface area contributed by atoms with Crippen molar-refractivity contribution < 1.29 is 4.57 Å². The molecule has 1 nitrogen and oxygen atoms in total. The van der Waals surface area contributed by atoms with Crippen molar-refractivity contribution in [1.29, 1.82) is 0 Å². The van der Waals surface area contributed by atoms with Crippen LogP contribution in [0.5, 0.6) is 0 Å². The highest BCUT2D eigenvalue weighted by Crippen LogP contribution is 2.27. The number of aryl methyl sites for hydroxylation is 1. The maximum absolute atomic E-state index is 6.20. The molecule has 3 aromatic rings. The number of halogens is 2. The molecule has 0 aliphatic rings. The van der Waals surface area contributed by atoms with Gasteiger partial charge in [-0.3, -0.25) is 0 Å². The number of hydrogen-bond acceptors (Lipinski definition) is 0. The van der Waals surface area contributed by atoms with E-state index in [1.807, 2.05) is 43.5 Å². The molecule has 0 spiro atoms. The van der Waals surface area contributed by atoms with Crippen molar-refractivity contribution in [2.45, 2.75) is 0 Å². The highest BCUT2D eigenvalue weighted by atomic mass is 35.5. The third-order valence-electron chi connectivity index (χ3n) is 3.50. The monoisotopic (exact) mass is 314 g/mol. The maximum Gasteiger partial charge on any atom is 0.212 e. The van der Waals surface area contributed by atoms with E-state index in [-0.39, 0.29) is 0 Å². The number of benzene rings is 2. The van der Waals surface area contributed by atoms with Crippen LogP contribution in [0, 0.1) is 0 Å². The smallest absolute Gasteiger partial charge is 0.201 e. The lowest BCUT2D eigenvalue weighted by molar-refractivity contribution is -0.644. The fourth-order valence-corrected chi connectivity index (χ4v) is 2.90. The number of nitrogens with zero attached hydrogens (tertiary/aromatic N) is 1. The summed E-state index contributed by atoms with van der Waals surface area (Å²) in [5.74, 6) is 0. The van der Waals surface area contributed by atoms with Gasteiger partial charge in [-0.1, -0.05) is 53.6 Å². The maximum atomic E-state index is 6.20. The molecule has 3 rings (SSSR count). The number of rotatable bonds is 2. The summed E-state index contributed by atoms with van der Waals surface area (Å²) in [6.45, 7) is 0. The summed E-state index contributed by atoms with van der Waals surface area (Å²) >= 11 is 12.4. The van der Waals surface area contributed by atoms with E-state index in [4.69, 9.17) is 23.2 Å². The van der Waals surface area contributed by atoms with E-state index in [0.717, 1.165) is 11.1 Å². The van der Waals surface area contributed by atoms with E-state index >= 15 is 0 Å². The molecule has 0 bridgehead atoms. The molecule has 0 N–H and O–H groups in total. The summed E-state index contributed by atoms with van der Waals surface area (Å²) in [6, 6.07) is 15.9. The van der Waals surface area contributed by atoms with Gasteiger partial charge in [0.15, 0.2) is 6.20 Å². The Balaban J connectivity index is 2.10. The van der Waals surface area contributed by atoms with E-state index < -0.39 is 0 Å². The van der Waals surface area contributed by atoms with Crippen molar-refractivity contribution in [1.82, 2.24) is 0 Å². The van der Waals surface area contributed by atoms with Gasteiger partial charge in [-0.2, -0.15) is 0 Å². The van der Waals surface area contributed by atoms with Gasteiger partial charge in [-0.05, 0) is 23.8 Å². The highest BCUT2D eigenvalue weighted by Gasteiger charge is 2.07. The van der Waals surface area contributed by atoms with Crippen molar-refractivity contribution >= 4 is 46.3 Å². The summed E-state index contributed by atoms with van der Waals surface area (Å²) in [6.07, 6.45) is 6.07. The molecule has 0 amide bonds. The molecule has 0 aliphatic carbocycles. The largest absolute Gasteiger partial charge is 0.212 e. The predicted octanol–water partition coefficient (Wildman–Crippen LogP) is 5.14. The van der Waals surface area contributed by atoms with Crippen LogP contribution >= 0.6 is 23.2 Å². The molecule has 3 heteroatoms. The molecule has 104 valence electrons. The Hall–Kier alpha value is -1.83. The topological polar surface area (TPSA) is 3.88 Å². The lowest BCUT2D eigenvalue weighted by Crippen LogP contribution is -2.28. The van der Waals surface area contributed by atoms with Gasteiger partial charge in [0, 0.05) is 27.7 Å². The third-order valence-corrected chi connectivity index (χ3v) is 4.16. The van der Waals surface area contributed by atoms with E-state index in [2.05, 4.69) is 35.0 Å². The Bertz CT molecular complexity index is 817. The minimum atomic E-state index is 0.657. The van der Waals surface area contributed by atoms with E-state index in [1.54, 1.807) is 0 Å². The third kappa shape index (κ3) is 2.80. The molecule has 21 heavy (non-hydrogen) atoms. The summed E-state index contributed by atoms with van der Waals surface area (Å²) in [5, 5.41) is 2.51. The van der Waals surface area contributed by atoms with Gasteiger partial charge in [-0.25, -0.2) is 4.57 Å². The minimum absolute atomic E-state index is 0.657. The molecular formula is C18H14Cl2N+.